The summed E-state index contributed by atoms with van der Waals surface area (Å²) in [4.78, 5) is 4.63. The first-order valence-electron chi connectivity index (χ1n) is 5.46. The van der Waals surface area contributed by atoms with Gasteiger partial charge in [0.1, 0.15) is 5.65 Å². The SMILES string of the molecule is c1ccn2cc(CC3CCCS3)nc2c1. The van der Waals surface area contributed by atoms with E-state index in [1.54, 1.807) is 0 Å². The number of imidazole rings is 1. The van der Waals surface area contributed by atoms with Gasteiger partial charge >= 0.3 is 0 Å². The number of pyridine rings is 1. The van der Waals surface area contributed by atoms with Crippen molar-refractivity contribution in [2.24, 2.45) is 0 Å². The fourth-order valence-electron chi connectivity index (χ4n) is 2.12. The van der Waals surface area contributed by atoms with E-state index in [0.717, 1.165) is 17.3 Å². The van der Waals surface area contributed by atoms with Crippen molar-refractivity contribution in [2.45, 2.75) is 24.5 Å². The van der Waals surface area contributed by atoms with Crippen LogP contribution in [0.4, 0.5) is 0 Å². The molecule has 0 aromatic carbocycles. The average molecular weight is 218 g/mol. The molecular weight excluding hydrogens is 204 g/mol. The van der Waals surface area contributed by atoms with Crippen molar-refractivity contribution in [2.75, 3.05) is 5.75 Å². The molecule has 3 rings (SSSR count). The summed E-state index contributed by atoms with van der Waals surface area (Å²) < 4.78 is 2.11. The van der Waals surface area contributed by atoms with Crippen LogP contribution >= 0.6 is 11.8 Å². The van der Waals surface area contributed by atoms with E-state index in [2.05, 4.69) is 39.6 Å². The van der Waals surface area contributed by atoms with Gasteiger partial charge in [0.05, 0.1) is 5.69 Å². The van der Waals surface area contributed by atoms with Gasteiger partial charge in [-0.2, -0.15) is 11.8 Å². The van der Waals surface area contributed by atoms with Crippen LogP contribution in [0.1, 0.15) is 18.5 Å². The Labute approximate surface area is 93.7 Å². The summed E-state index contributed by atoms with van der Waals surface area (Å²) in [5, 5.41) is 0.801. The second kappa shape index (κ2) is 3.89. The van der Waals surface area contributed by atoms with Gasteiger partial charge in [-0.05, 0) is 30.7 Å². The second-order valence-corrected chi connectivity index (χ2v) is 5.45. The van der Waals surface area contributed by atoms with Gasteiger partial charge < -0.3 is 4.40 Å². The van der Waals surface area contributed by atoms with Gasteiger partial charge in [-0.25, -0.2) is 4.98 Å². The Balaban J connectivity index is 1.84. The van der Waals surface area contributed by atoms with E-state index in [4.69, 9.17) is 0 Å². The maximum atomic E-state index is 4.63. The highest BCUT2D eigenvalue weighted by Crippen LogP contribution is 2.28. The molecule has 2 nitrogen and oxygen atoms in total. The Morgan fingerprint density at radius 2 is 2.47 bits per heavy atom. The Morgan fingerprint density at radius 3 is 3.27 bits per heavy atom. The summed E-state index contributed by atoms with van der Waals surface area (Å²) in [6.45, 7) is 0. The first-order valence-corrected chi connectivity index (χ1v) is 6.51. The predicted molar refractivity (Wildman–Crippen MR) is 64.4 cm³/mol. The van der Waals surface area contributed by atoms with E-state index in [9.17, 15) is 0 Å². The number of aromatic nitrogens is 2. The Hall–Kier alpha value is -0.960. The number of hydrogen-bond donors (Lipinski definition) is 0. The lowest BCUT2D eigenvalue weighted by Gasteiger charge is -2.03. The molecule has 3 heterocycles. The van der Waals surface area contributed by atoms with E-state index in [1.807, 2.05) is 12.1 Å². The van der Waals surface area contributed by atoms with Gasteiger partial charge in [-0.15, -0.1) is 0 Å². The van der Waals surface area contributed by atoms with Crippen molar-refractivity contribution >= 4 is 17.4 Å². The third kappa shape index (κ3) is 1.88. The van der Waals surface area contributed by atoms with Gasteiger partial charge in [0.2, 0.25) is 0 Å². The molecule has 78 valence electrons. The van der Waals surface area contributed by atoms with Crippen molar-refractivity contribution in [1.29, 1.82) is 0 Å². The van der Waals surface area contributed by atoms with Gasteiger partial charge in [-0.1, -0.05) is 6.07 Å². The van der Waals surface area contributed by atoms with Crippen LogP contribution in [0.25, 0.3) is 5.65 Å². The zero-order valence-corrected chi connectivity index (χ0v) is 9.41. The van der Waals surface area contributed by atoms with Crippen LogP contribution in [0.2, 0.25) is 0 Å². The van der Waals surface area contributed by atoms with Crippen LogP contribution in [0.5, 0.6) is 0 Å². The van der Waals surface area contributed by atoms with Crippen molar-refractivity contribution < 1.29 is 0 Å². The average Bonchev–Trinajstić information content (AvgIpc) is 2.86. The molecule has 0 aliphatic carbocycles. The Bertz CT molecular complexity index is 424. The monoisotopic (exact) mass is 218 g/mol. The maximum absolute atomic E-state index is 4.63. The molecule has 0 saturated carbocycles. The molecule has 2 aromatic heterocycles. The molecule has 1 unspecified atom stereocenters. The number of hydrogen-bond acceptors (Lipinski definition) is 2. The number of fused-ring (bicyclic) bond motifs is 1. The van der Waals surface area contributed by atoms with Crippen LogP contribution in [0.3, 0.4) is 0 Å². The first-order chi connectivity index (χ1) is 7.42. The topological polar surface area (TPSA) is 17.3 Å². The highest BCUT2D eigenvalue weighted by molar-refractivity contribution is 8.00. The molecule has 0 amide bonds. The molecule has 1 atom stereocenters. The molecule has 1 saturated heterocycles. The number of nitrogens with zero attached hydrogens (tertiary/aromatic N) is 2. The van der Waals surface area contributed by atoms with Crippen LogP contribution in [0.15, 0.2) is 30.6 Å². The summed E-state index contributed by atoms with van der Waals surface area (Å²) in [7, 11) is 0. The van der Waals surface area contributed by atoms with Gasteiger partial charge in [0, 0.05) is 24.1 Å². The molecule has 15 heavy (non-hydrogen) atoms. The summed E-state index contributed by atoms with van der Waals surface area (Å²) in [5.74, 6) is 1.33. The zero-order chi connectivity index (χ0) is 10.1. The second-order valence-electron chi connectivity index (χ2n) is 4.04. The van der Waals surface area contributed by atoms with Crippen LogP contribution in [-0.2, 0) is 6.42 Å². The molecule has 0 spiro atoms. The van der Waals surface area contributed by atoms with E-state index in [1.165, 1.54) is 24.3 Å². The van der Waals surface area contributed by atoms with Crippen molar-refractivity contribution in [3.8, 4) is 0 Å². The molecular formula is C12H14N2S. The van der Waals surface area contributed by atoms with E-state index < -0.39 is 0 Å². The number of rotatable bonds is 2. The van der Waals surface area contributed by atoms with Crippen molar-refractivity contribution in [3.63, 3.8) is 0 Å². The Morgan fingerprint density at radius 1 is 1.47 bits per heavy atom. The lowest BCUT2D eigenvalue weighted by molar-refractivity contribution is 0.767. The molecule has 1 aliphatic rings. The third-order valence-corrected chi connectivity index (χ3v) is 4.27. The molecule has 0 bridgehead atoms. The van der Waals surface area contributed by atoms with Crippen LogP contribution < -0.4 is 0 Å². The van der Waals surface area contributed by atoms with Gasteiger partial charge in [0.25, 0.3) is 0 Å². The Kier molecular flexibility index (Phi) is 2.41. The molecule has 1 fully saturated rings. The standard InChI is InChI=1S/C12H14N2S/c1-2-6-14-9-10(13-12(14)5-1)8-11-4-3-7-15-11/h1-2,5-6,9,11H,3-4,7-8H2. The van der Waals surface area contributed by atoms with Crippen molar-refractivity contribution in [3.05, 3.63) is 36.3 Å². The van der Waals surface area contributed by atoms with E-state index >= 15 is 0 Å². The molecule has 0 N–H and O–H groups in total. The van der Waals surface area contributed by atoms with E-state index in [-0.39, 0.29) is 0 Å². The number of thioether (sulfide) groups is 1. The quantitative estimate of drug-likeness (QED) is 0.771. The molecule has 0 radical (unpaired) electrons. The minimum atomic E-state index is 0.801. The normalized spacial score (nSPS) is 21.2. The third-order valence-electron chi connectivity index (χ3n) is 2.87. The smallest absolute Gasteiger partial charge is 0.136 e. The fourth-order valence-corrected chi connectivity index (χ4v) is 3.41. The predicted octanol–water partition coefficient (Wildman–Crippen LogP) is 2.77. The molecule has 1 aliphatic heterocycles. The summed E-state index contributed by atoms with van der Waals surface area (Å²) in [6, 6.07) is 6.14. The largest absolute Gasteiger partial charge is 0.307 e. The minimum absolute atomic E-state index is 0.801. The lowest BCUT2D eigenvalue weighted by atomic mass is 10.2. The van der Waals surface area contributed by atoms with Crippen LogP contribution in [-0.4, -0.2) is 20.4 Å². The van der Waals surface area contributed by atoms with E-state index in [0.29, 0.717) is 0 Å². The molecule has 2 aromatic rings. The zero-order valence-electron chi connectivity index (χ0n) is 8.60. The summed E-state index contributed by atoms with van der Waals surface area (Å²) in [5.41, 5.74) is 2.30. The fraction of sp³-hybridized carbons (Fsp3) is 0.417. The summed E-state index contributed by atoms with van der Waals surface area (Å²) >= 11 is 2.10. The highest BCUT2D eigenvalue weighted by atomic mass is 32.2. The summed E-state index contributed by atoms with van der Waals surface area (Å²) in [6.07, 6.45) is 8.09. The van der Waals surface area contributed by atoms with Crippen LogP contribution in [0, 0.1) is 0 Å². The van der Waals surface area contributed by atoms with Gasteiger partial charge in [-0.3, -0.25) is 0 Å². The van der Waals surface area contributed by atoms with Crippen molar-refractivity contribution in [1.82, 2.24) is 9.38 Å². The minimum Gasteiger partial charge on any atom is -0.307 e. The lowest BCUT2D eigenvalue weighted by Crippen LogP contribution is -2.01. The molecule has 3 heteroatoms. The first kappa shape index (κ1) is 9.28. The van der Waals surface area contributed by atoms with Gasteiger partial charge in [0.15, 0.2) is 0 Å². The maximum Gasteiger partial charge on any atom is 0.136 e. The highest BCUT2D eigenvalue weighted by Gasteiger charge is 2.17.